The van der Waals surface area contributed by atoms with Crippen molar-refractivity contribution < 1.29 is 9.53 Å². The Hall–Kier alpha value is -1.37. The van der Waals surface area contributed by atoms with E-state index in [0.717, 1.165) is 28.4 Å². The molecule has 0 aliphatic carbocycles. The van der Waals surface area contributed by atoms with Crippen LogP contribution in [0.15, 0.2) is 18.2 Å². The van der Waals surface area contributed by atoms with Crippen LogP contribution >= 0.6 is 22.9 Å². The van der Waals surface area contributed by atoms with Crippen LogP contribution in [0.3, 0.4) is 0 Å². The SMILES string of the molecule is O=C(C1CN(c2nc3c(Cl)cccc3s2)C1)N1CCOCC1. The summed E-state index contributed by atoms with van der Waals surface area (Å²) in [6, 6.07) is 5.82. The maximum atomic E-state index is 12.4. The molecule has 1 aromatic heterocycles. The predicted octanol–water partition coefficient (Wildman–Crippen LogP) is 2.24. The topological polar surface area (TPSA) is 45.7 Å². The number of aromatic nitrogens is 1. The first-order valence-corrected chi connectivity index (χ1v) is 8.58. The summed E-state index contributed by atoms with van der Waals surface area (Å²) in [6.45, 7) is 4.22. The van der Waals surface area contributed by atoms with Crippen LogP contribution in [0.4, 0.5) is 5.13 Å². The van der Waals surface area contributed by atoms with E-state index in [1.165, 1.54) is 0 Å². The highest BCUT2D eigenvalue weighted by Gasteiger charge is 2.37. The molecule has 0 N–H and O–H groups in total. The maximum absolute atomic E-state index is 12.4. The van der Waals surface area contributed by atoms with E-state index in [2.05, 4.69) is 9.88 Å². The van der Waals surface area contributed by atoms with E-state index >= 15 is 0 Å². The Balaban J connectivity index is 1.43. The molecule has 0 bridgehead atoms. The number of fused-ring (bicyclic) bond motifs is 1. The second kappa shape index (κ2) is 5.68. The fraction of sp³-hybridized carbons (Fsp3) is 0.467. The lowest BCUT2D eigenvalue weighted by molar-refractivity contribution is -0.140. The van der Waals surface area contributed by atoms with Gasteiger partial charge in [0.05, 0.1) is 28.9 Å². The first-order chi connectivity index (χ1) is 10.7. The second-order valence-electron chi connectivity index (χ2n) is 5.62. The lowest BCUT2D eigenvalue weighted by Crippen LogP contribution is -2.56. The number of nitrogens with zero attached hydrogens (tertiary/aromatic N) is 3. The van der Waals surface area contributed by atoms with Crippen LogP contribution in [0.2, 0.25) is 5.02 Å². The molecule has 1 aromatic carbocycles. The van der Waals surface area contributed by atoms with Crippen molar-refractivity contribution in [2.24, 2.45) is 5.92 Å². The molecule has 7 heteroatoms. The Morgan fingerprint density at radius 1 is 1.32 bits per heavy atom. The molecule has 0 spiro atoms. The van der Waals surface area contributed by atoms with Crippen molar-refractivity contribution in [1.29, 1.82) is 0 Å². The number of carbonyl (C=O) groups is 1. The fourth-order valence-corrected chi connectivity index (χ4v) is 4.15. The number of carbonyl (C=O) groups excluding carboxylic acids is 1. The van der Waals surface area contributed by atoms with Gasteiger partial charge in [0.1, 0.15) is 5.52 Å². The lowest BCUT2D eigenvalue weighted by Gasteiger charge is -2.41. The third-order valence-corrected chi connectivity index (χ3v) is 5.57. The number of rotatable bonds is 2. The van der Waals surface area contributed by atoms with Crippen molar-refractivity contribution in [3.8, 4) is 0 Å². The van der Waals surface area contributed by atoms with Crippen molar-refractivity contribution in [2.75, 3.05) is 44.3 Å². The van der Waals surface area contributed by atoms with Crippen molar-refractivity contribution in [2.45, 2.75) is 0 Å². The second-order valence-corrected chi connectivity index (χ2v) is 7.04. The first kappa shape index (κ1) is 14.2. The van der Waals surface area contributed by atoms with E-state index in [0.29, 0.717) is 31.3 Å². The van der Waals surface area contributed by atoms with Gasteiger partial charge in [0, 0.05) is 26.2 Å². The number of para-hydroxylation sites is 1. The van der Waals surface area contributed by atoms with Crippen LogP contribution in [0.25, 0.3) is 10.2 Å². The molecule has 116 valence electrons. The molecule has 0 atom stereocenters. The minimum absolute atomic E-state index is 0.0839. The fourth-order valence-electron chi connectivity index (χ4n) is 2.87. The molecule has 2 aromatic rings. The molecule has 1 amide bonds. The normalized spacial score (nSPS) is 19.5. The van der Waals surface area contributed by atoms with Gasteiger partial charge in [-0.05, 0) is 12.1 Å². The third kappa shape index (κ3) is 2.45. The molecule has 2 fully saturated rings. The molecule has 0 saturated carbocycles. The average Bonchev–Trinajstić information content (AvgIpc) is 2.91. The predicted molar refractivity (Wildman–Crippen MR) is 87.7 cm³/mol. The van der Waals surface area contributed by atoms with Crippen molar-refractivity contribution in [1.82, 2.24) is 9.88 Å². The van der Waals surface area contributed by atoms with E-state index in [-0.39, 0.29) is 11.8 Å². The Bertz CT molecular complexity index is 708. The zero-order chi connectivity index (χ0) is 15.1. The highest BCUT2D eigenvalue weighted by molar-refractivity contribution is 7.22. The van der Waals surface area contributed by atoms with Crippen LogP contribution in [0, 0.1) is 5.92 Å². The molecule has 3 heterocycles. The van der Waals surface area contributed by atoms with Crippen molar-refractivity contribution in [3.63, 3.8) is 0 Å². The third-order valence-electron chi connectivity index (χ3n) is 4.18. The van der Waals surface area contributed by atoms with Crippen molar-refractivity contribution >= 4 is 44.2 Å². The zero-order valence-electron chi connectivity index (χ0n) is 12.0. The molecular weight excluding hydrogens is 322 g/mol. The number of hydrogen-bond acceptors (Lipinski definition) is 5. The largest absolute Gasteiger partial charge is 0.378 e. The van der Waals surface area contributed by atoms with E-state index in [1.54, 1.807) is 11.3 Å². The Labute approximate surface area is 137 Å². The van der Waals surface area contributed by atoms with Gasteiger partial charge in [-0.3, -0.25) is 4.79 Å². The smallest absolute Gasteiger partial charge is 0.229 e. The van der Waals surface area contributed by atoms with Gasteiger partial charge < -0.3 is 14.5 Å². The summed E-state index contributed by atoms with van der Waals surface area (Å²) < 4.78 is 6.38. The number of benzene rings is 1. The van der Waals surface area contributed by atoms with Gasteiger partial charge in [0.15, 0.2) is 5.13 Å². The molecule has 0 unspecified atom stereocenters. The zero-order valence-corrected chi connectivity index (χ0v) is 13.6. The highest BCUT2D eigenvalue weighted by atomic mass is 35.5. The quantitative estimate of drug-likeness (QED) is 0.843. The Morgan fingerprint density at radius 2 is 2.09 bits per heavy atom. The number of anilines is 1. The minimum Gasteiger partial charge on any atom is -0.378 e. The highest BCUT2D eigenvalue weighted by Crippen LogP contribution is 2.35. The van der Waals surface area contributed by atoms with Crippen LogP contribution < -0.4 is 4.90 Å². The molecule has 22 heavy (non-hydrogen) atoms. The van der Waals surface area contributed by atoms with Crippen LogP contribution in [0.5, 0.6) is 0 Å². The van der Waals surface area contributed by atoms with Gasteiger partial charge >= 0.3 is 0 Å². The van der Waals surface area contributed by atoms with E-state index in [1.807, 2.05) is 23.1 Å². The Kier molecular flexibility index (Phi) is 3.68. The number of ether oxygens (including phenoxy) is 1. The number of hydrogen-bond donors (Lipinski definition) is 0. The summed E-state index contributed by atoms with van der Waals surface area (Å²) in [5.41, 5.74) is 0.854. The number of amides is 1. The van der Waals surface area contributed by atoms with Gasteiger partial charge in [-0.2, -0.15) is 0 Å². The van der Waals surface area contributed by atoms with Crippen LogP contribution in [0.1, 0.15) is 0 Å². The van der Waals surface area contributed by atoms with Crippen molar-refractivity contribution in [3.05, 3.63) is 23.2 Å². The molecule has 2 saturated heterocycles. The summed E-state index contributed by atoms with van der Waals surface area (Å²) in [7, 11) is 0. The number of thiazole rings is 1. The maximum Gasteiger partial charge on any atom is 0.229 e. The first-order valence-electron chi connectivity index (χ1n) is 7.39. The van der Waals surface area contributed by atoms with Gasteiger partial charge in [-0.25, -0.2) is 4.98 Å². The van der Waals surface area contributed by atoms with E-state index in [4.69, 9.17) is 16.3 Å². The average molecular weight is 338 g/mol. The van der Waals surface area contributed by atoms with Gasteiger partial charge in [0.2, 0.25) is 5.91 Å². The van der Waals surface area contributed by atoms with Gasteiger partial charge in [-0.1, -0.05) is 29.0 Å². The summed E-state index contributed by atoms with van der Waals surface area (Å²) in [6.07, 6.45) is 0. The Morgan fingerprint density at radius 3 is 2.82 bits per heavy atom. The van der Waals surface area contributed by atoms with E-state index in [9.17, 15) is 4.79 Å². The molecule has 0 radical (unpaired) electrons. The number of halogens is 1. The summed E-state index contributed by atoms with van der Waals surface area (Å²) in [5.74, 6) is 0.333. The van der Waals surface area contributed by atoms with Gasteiger partial charge in [-0.15, -0.1) is 0 Å². The summed E-state index contributed by atoms with van der Waals surface area (Å²) in [5, 5.41) is 1.63. The molecule has 2 aliphatic heterocycles. The molecule has 5 nitrogen and oxygen atoms in total. The van der Waals surface area contributed by atoms with Crippen LogP contribution in [-0.2, 0) is 9.53 Å². The van der Waals surface area contributed by atoms with Gasteiger partial charge in [0.25, 0.3) is 0 Å². The standard InChI is InChI=1S/C15H16ClN3O2S/c16-11-2-1-3-12-13(11)17-15(22-12)19-8-10(9-19)14(20)18-4-6-21-7-5-18/h1-3,10H,4-9H2. The minimum atomic E-state index is 0.0839. The van der Waals surface area contributed by atoms with E-state index < -0.39 is 0 Å². The monoisotopic (exact) mass is 337 g/mol. The number of morpholine rings is 1. The summed E-state index contributed by atoms with van der Waals surface area (Å²) >= 11 is 7.80. The summed E-state index contributed by atoms with van der Waals surface area (Å²) in [4.78, 5) is 21.1. The lowest BCUT2D eigenvalue weighted by atomic mass is 9.99. The van der Waals surface area contributed by atoms with Crippen LogP contribution in [-0.4, -0.2) is 55.2 Å². The molecule has 2 aliphatic rings. The molecular formula is C15H16ClN3O2S. The molecule has 4 rings (SSSR count).